The van der Waals surface area contributed by atoms with Gasteiger partial charge in [-0.25, -0.2) is 9.97 Å². The fourth-order valence-corrected chi connectivity index (χ4v) is 7.52. The van der Waals surface area contributed by atoms with Gasteiger partial charge in [0, 0.05) is 69.3 Å². The van der Waals surface area contributed by atoms with E-state index in [1.807, 2.05) is 57.0 Å². The van der Waals surface area contributed by atoms with Crippen LogP contribution >= 0.6 is 0 Å². The van der Waals surface area contributed by atoms with Crippen LogP contribution < -0.4 is 15.8 Å². The number of piperazine rings is 1. The van der Waals surface area contributed by atoms with E-state index in [0.717, 1.165) is 74.6 Å². The van der Waals surface area contributed by atoms with Crippen molar-refractivity contribution in [3.8, 4) is 5.82 Å². The first-order chi connectivity index (χ1) is 22.6. The molecule has 1 atom stereocenters. The molecule has 2 N–H and O–H groups in total. The molecule has 3 aliphatic heterocycles. The molecule has 2 saturated heterocycles. The van der Waals surface area contributed by atoms with Gasteiger partial charge >= 0.3 is 0 Å². The van der Waals surface area contributed by atoms with Crippen LogP contribution in [-0.2, 0) is 17.6 Å². The molecule has 0 amide bonds. The maximum atomic E-state index is 13.8. The Balaban J connectivity index is 1.03. The first kappa shape index (κ1) is 29.9. The zero-order chi connectivity index (χ0) is 32.4. The molecule has 0 aromatic carbocycles. The molecule has 0 spiro atoms. The maximum absolute atomic E-state index is 13.8. The van der Waals surface area contributed by atoms with Crippen LogP contribution in [0, 0.1) is 12.3 Å². The second kappa shape index (κ2) is 11.4. The summed E-state index contributed by atoms with van der Waals surface area (Å²) in [4.78, 5) is 29.8. The predicted octanol–water partition coefficient (Wildman–Crippen LogP) is 3.43. The van der Waals surface area contributed by atoms with Crippen LogP contribution in [0.5, 0.6) is 0 Å². The van der Waals surface area contributed by atoms with Gasteiger partial charge in [-0.2, -0.15) is 0 Å². The monoisotopic (exact) mass is 634 g/mol. The van der Waals surface area contributed by atoms with Crippen molar-refractivity contribution in [1.82, 2.24) is 28.7 Å². The Morgan fingerprint density at radius 2 is 1.85 bits per heavy atom. The third-order valence-corrected chi connectivity index (χ3v) is 10.2. The average molecular weight is 635 g/mol. The smallest absolute Gasteiger partial charge is 0.280 e. The van der Waals surface area contributed by atoms with E-state index in [1.54, 1.807) is 15.7 Å². The van der Waals surface area contributed by atoms with Gasteiger partial charge in [0.2, 0.25) is 0 Å². The van der Waals surface area contributed by atoms with Crippen LogP contribution in [0.1, 0.15) is 36.2 Å². The van der Waals surface area contributed by atoms with Gasteiger partial charge in [0.15, 0.2) is 6.23 Å². The van der Waals surface area contributed by atoms with E-state index >= 15 is 0 Å². The number of hydrogen-bond acceptors (Lipinski definition) is 9. The standard InChI is InChI=1S/C36H42N8O3/c1-23-28(7-8-37-33(23)44-14-13-43-30(35(44)46)16-24-17-36(2,3)18-31(24)43)25-15-29(34(45)40(4)20-25)39-32-6-5-26(19-38-32)41-9-11-42(12-10-41)27-21-47-22-27/h5-8,13-16,19-20,27,34,45H,9-12,17-18,21-22H2,1-4H3,(H,38,39). The van der Waals surface area contributed by atoms with Crippen LogP contribution in [0.4, 0.5) is 11.5 Å². The van der Waals surface area contributed by atoms with E-state index in [1.165, 1.54) is 11.3 Å². The number of hydrogen-bond donors (Lipinski definition) is 2. The highest BCUT2D eigenvalue weighted by Gasteiger charge is 2.32. The third-order valence-electron chi connectivity index (χ3n) is 10.2. The molecule has 4 aromatic rings. The zero-order valence-corrected chi connectivity index (χ0v) is 27.5. The highest BCUT2D eigenvalue weighted by Crippen LogP contribution is 2.37. The molecular formula is C36H42N8O3. The van der Waals surface area contributed by atoms with E-state index in [-0.39, 0.29) is 11.0 Å². The Labute approximate surface area is 274 Å². The molecule has 11 nitrogen and oxygen atoms in total. The number of rotatable bonds is 6. The van der Waals surface area contributed by atoms with Crippen molar-refractivity contribution in [3.05, 3.63) is 99.8 Å². The van der Waals surface area contributed by atoms with E-state index in [9.17, 15) is 9.90 Å². The number of aliphatic hydroxyl groups is 1. The lowest BCUT2D eigenvalue weighted by atomic mass is 9.90. The largest absolute Gasteiger partial charge is 0.378 e. The minimum Gasteiger partial charge on any atom is -0.378 e. The van der Waals surface area contributed by atoms with E-state index in [2.05, 4.69) is 50.5 Å². The van der Waals surface area contributed by atoms with Crippen molar-refractivity contribution >= 4 is 22.6 Å². The molecule has 11 heteroatoms. The van der Waals surface area contributed by atoms with Gasteiger partial charge in [-0.05, 0) is 72.2 Å². The van der Waals surface area contributed by atoms with E-state index in [4.69, 9.17) is 9.72 Å². The van der Waals surface area contributed by atoms with Crippen molar-refractivity contribution in [1.29, 1.82) is 0 Å². The molecule has 4 aromatic heterocycles. The third kappa shape index (κ3) is 5.32. The number of anilines is 2. The Bertz CT molecular complexity index is 1960. The molecule has 1 aliphatic carbocycles. The maximum Gasteiger partial charge on any atom is 0.280 e. The highest BCUT2D eigenvalue weighted by molar-refractivity contribution is 5.79. The minimum atomic E-state index is -0.864. The molecular weight excluding hydrogens is 592 g/mol. The number of fused-ring (bicyclic) bond motifs is 3. The number of likely N-dealkylation sites (N-methyl/N-ethyl adjacent to an activating group) is 1. The summed E-state index contributed by atoms with van der Waals surface area (Å²) in [6.45, 7) is 12.2. The summed E-state index contributed by atoms with van der Waals surface area (Å²) in [5.41, 5.74) is 7.69. The lowest BCUT2D eigenvalue weighted by molar-refractivity contribution is -0.0660. The van der Waals surface area contributed by atoms with Crippen LogP contribution in [0.3, 0.4) is 0 Å². The van der Waals surface area contributed by atoms with Crippen LogP contribution in [0.15, 0.2) is 71.8 Å². The fraction of sp³-hybridized carbons (Fsp3) is 0.417. The Morgan fingerprint density at radius 3 is 2.57 bits per heavy atom. The van der Waals surface area contributed by atoms with Crippen molar-refractivity contribution in [2.75, 3.05) is 56.7 Å². The van der Waals surface area contributed by atoms with Gasteiger partial charge in [-0.3, -0.25) is 14.3 Å². The molecule has 1 unspecified atom stereocenters. The molecule has 0 radical (unpaired) electrons. The van der Waals surface area contributed by atoms with Crippen LogP contribution in [0.2, 0.25) is 0 Å². The number of aliphatic hydroxyl groups excluding tert-OH is 1. The van der Waals surface area contributed by atoms with Gasteiger partial charge in [0.25, 0.3) is 5.56 Å². The van der Waals surface area contributed by atoms with Crippen LogP contribution in [0.25, 0.3) is 16.9 Å². The highest BCUT2D eigenvalue weighted by atomic mass is 16.5. The number of ether oxygens (including phenoxy) is 1. The number of pyridine rings is 2. The lowest BCUT2D eigenvalue weighted by Gasteiger charge is -2.43. The summed E-state index contributed by atoms with van der Waals surface area (Å²) >= 11 is 0. The van der Waals surface area contributed by atoms with Gasteiger partial charge in [-0.1, -0.05) is 13.8 Å². The summed E-state index contributed by atoms with van der Waals surface area (Å²) < 4.78 is 9.06. The molecule has 0 saturated carbocycles. The number of nitrogens with one attached hydrogen (secondary N) is 1. The topological polar surface area (TPSA) is 103 Å². The molecule has 244 valence electrons. The number of nitrogens with zero attached hydrogens (tertiary/aromatic N) is 7. The Hall–Kier alpha value is -4.45. The molecule has 47 heavy (non-hydrogen) atoms. The predicted molar refractivity (Wildman–Crippen MR) is 183 cm³/mol. The SMILES string of the molecule is Cc1c(C2=CN(C)C(O)C(Nc3ccc(N4CCN(C5COC5)CC4)cn3)=C2)ccnc1-n1ccn2c3c(cc2c1=O)CC(C)(C)C3. The summed E-state index contributed by atoms with van der Waals surface area (Å²) in [7, 11) is 1.84. The van der Waals surface area contributed by atoms with Gasteiger partial charge < -0.3 is 29.4 Å². The van der Waals surface area contributed by atoms with Crippen molar-refractivity contribution in [2.24, 2.45) is 5.41 Å². The summed E-state index contributed by atoms with van der Waals surface area (Å²) in [5, 5.41) is 14.4. The second-order valence-electron chi connectivity index (χ2n) is 14.1. The van der Waals surface area contributed by atoms with E-state index in [0.29, 0.717) is 28.9 Å². The summed E-state index contributed by atoms with van der Waals surface area (Å²) in [6, 6.07) is 8.62. The molecule has 4 aliphatic rings. The zero-order valence-electron chi connectivity index (χ0n) is 27.5. The Morgan fingerprint density at radius 1 is 1.04 bits per heavy atom. The lowest BCUT2D eigenvalue weighted by Crippen LogP contribution is -2.56. The normalized spacial score (nSPS) is 21.4. The first-order valence-corrected chi connectivity index (χ1v) is 16.5. The van der Waals surface area contributed by atoms with Crippen molar-refractivity contribution in [2.45, 2.75) is 45.9 Å². The average Bonchev–Trinajstić information content (AvgIpc) is 3.52. The second-order valence-corrected chi connectivity index (χ2v) is 14.1. The Kier molecular flexibility index (Phi) is 7.23. The number of aromatic nitrogens is 4. The van der Waals surface area contributed by atoms with Gasteiger partial charge in [0.1, 0.15) is 17.2 Å². The summed E-state index contributed by atoms with van der Waals surface area (Å²) in [6.07, 6.45) is 12.4. The van der Waals surface area contributed by atoms with Gasteiger partial charge in [0.05, 0.1) is 36.8 Å². The fourth-order valence-electron chi connectivity index (χ4n) is 7.52. The first-order valence-electron chi connectivity index (χ1n) is 16.5. The minimum absolute atomic E-state index is 0.0834. The summed E-state index contributed by atoms with van der Waals surface area (Å²) in [5.74, 6) is 1.25. The van der Waals surface area contributed by atoms with Crippen molar-refractivity contribution < 1.29 is 9.84 Å². The molecule has 8 rings (SSSR count). The van der Waals surface area contributed by atoms with Crippen molar-refractivity contribution in [3.63, 3.8) is 0 Å². The molecule has 0 bridgehead atoms. The molecule has 2 fully saturated rings. The molecule has 7 heterocycles. The van der Waals surface area contributed by atoms with Crippen LogP contribution in [-0.4, -0.2) is 92.6 Å². The number of allylic oxidation sites excluding steroid dienone is 2. The quantitative estimate of drug-likeness (QED) is 0.330. The van der Waals surface area contributed by atoms with Gasteiger partial charge in [-0.15, -0.1) is 0 Å². The van der Waals surface area contributed by atoms with E-state index < -0.39 is 6.23 Å².